The Hall–Kier alpha value is -2.74. The maximum Gasteiger partial charge on any atom is 0.0818 e. The molecule has 94 valence electrons. The smallest absolute Gasteiger partial charge is 0.0818 e. The van der Waals surface area contributed by atoms with Crippen LogP contribution in [0, 0.1) is 0 Å². The number of fused-ring (bicyclic) bond motifs is 3. The molecule has 2 aromatic carbocycles. The lowest BCUT2D eigenvalue weighted by atomic mass is 10.1. The molecular formula is C18H12N2. The van der Waals surface area contributed by atoms with Crippen LogP contribution < -0.4 is 0 Å². The molecule has 2 heterocycles. The van der Waals surface area contributed by atoms with Crippen molar-refractivity contribution in [2.45, 2.75) is 0 Å². The largest absolute Gasteiger partial charge is 0.255 e. The summed E-state index contributed by atoms with van der Waals surface area (Å²) in [6.07, 6.45) is 1.89. The molecule has 0 aliphatic carbocycles. The lowest BCUT2D eigenvalue weighted by molar-refractivity contribution is 1.38. The summed E-state index contributed by atoms with van der Waals surface area (Å²) in [6, 6.07) is 22.5. The van der Waals surface area contributed by atoms with Crippen LogP contribution in [0.5, 0.6) is 0 Å². The van der Waals surface area contributed by atoms with Gasteiger partial charge in [0.1, 0.15) is 0 Å². The minimum Gasteiger partial charge on any atom is -0.255 e. The fraction of sp³-hybridized carbons (Fsp3) is 0. The number of aromatic nitrogens is 2. The summed E-state index contributed by atoms with van der Waals surface area (Å²) >= 11 is 0. The first kappa shape index (κ1) is 11.1. The SMILES string of the molecule is c1ccc(-c2ccc3cnc4ccccc4c3n2)cc1. The molecule has 4 rings (SSSR count). The van der Waals surface area contributed by atoms with E-state index in [2.05, 4.69) is 29.2 Å². The molecule has 0 amide bonds. The summed E-state index contributed by atoms with van der Waals surface area (Å²) in [6.45, 7) is 0. The number of hydrogen-bond donors (Lipinski definition) is 0. The third-order valence-electron chi connectivity index (χ3n) is 3.50. The van der Waals surface area contributed by atoms with Crippen LogP contribution in [0.4, 0.5) is 0 Å². The van der Waals surface area contributed by atoms with E-state index in [-0.39, 0.29) is 0 Å². The summed E-state index contributed by atoms with van der Waals surface area (Å²) in [5.41, 5.74) is 4.12. The van der Waals surface area contributed by atoms with Crippen molar-refractivity contribution >= 4 is 21.8 Å². The van der Waals surface area contributed by atoms with Crippen LogP contribution in [0.3, 0.4) is 0 Å². The van der Waals surface area contributed by atoms with Gasteiger partial charge in [0.05, 0.1) is 16.7 Å². The molecule has 0 bridgehead atoms. The molecule has 20 heavy (non-hydrogen) atoms. The Morgan fingerprint density at radius 2 is 1.50 bits per heavy atom. The maximum absolute atomic E-state index is 4.83. The normalized spacial score (nSPS) is 11.0. The predicted molar refractivity (Wildman–Crippen MR) is 82.5 cm³/mol. The second-order valence-corrected chi connectivity index (χ2v) is 4.78. The lowest BCUT2D eigenvalue weighted by Gasteiger charge is -2.05. The van der Waals surface area contributed by atoms with Gasteiger partial charge in [-0.1, -0.05) is 48.5 Å². The van der Waals surface area contributed by atoms with Crippen molar-refractivity contribution in [2.75, 3.05) is 0 Å². The van der Waals surface area contributed by atoms with Crippen LogP contribution in [-0.2, 0) is 0 Å². The quantitative estimate of drug-likeness (QED) is 0.470. The van der Waals surface area contributed by atoms with Crippen molar-refractivity contribution in [3.05, 3.63) is 72.9 Å². The molecule has 0 N–H and O–H groups in total. The number of benzene rings is 2. The van der Waals surface area contributed by atoms with E-state index in [0.717, 1.165) is 33.1 Å². The van der Waals surface area contributed by atoms with Gasteiger partial charge in [-0.05, 0) is 18.2 Å². The van der Waals surface area contributed by atoms with Crippen molar-refractivity contribution in [1.29, 1.82) is 0 Å². The van der Waals surface area contributed by atoms with Crippen LogP contribution in [0.2, 0.25) is 0 Å². The van der Waals surface area contributed by atoms with Gasteiger partial charge in [0.2, 0.25) is 0 Å². The lowest BCUT2D eigenvalue weighted by Crippen LogP contribution is -1.88. The van der Waals surface area contributed by atoms with E-state index in [1.807, 2.05) is 48.7 Å². The van der Waals surface area contributed by atoms with Crippen molar-refractivity contribution in [1.82, 2.24) is 9.97 Å². The monoisotopic (exact) mass is 256 g/mol. The molecular weight excluding hydrogens is 244 g/mol. The van der Waals surface area contributed by atoms with Gasteiger partial charge in [-0.15, -0.1) is 0 Å². The van der Waals surface area contributed by atoms with Gasteiger partial charge >= 0.3 is 0 Å². The van der Waals surface area contributed by atoms with Crippen LogP contribution in [0.25, 0.3) is 33.1 Å². The topological polar surface area (TPSA) is 25.8 Å². The molecule has 2 nitrogen and oxygen atoms in total. The Balaban J connectivity index is 2.05. The predicted octanol–water partition coefficient (Wildman–Crippen LogP) is 4.45. The third kappa shape index (κ3) is 1.74. The van der Waals surface area contributed by atoms with Crippen molar-refractivity contribution in [3.8, 4) is 11.3 Å². The van der Waals surface area contributed by atoms with Gasteiger partial charge in [-0.2, -0.15) is 0 Å². The number of para-hydroxylation sites is 1. The molecule has 0 saturated heterocycles. The molecule has 0 aliphatic heterocycles. The van der Waals surface area contributed by atoms with E-state index in [9.17, 15) is 0 Å². The Morgan fingerprint density at radius 1 is 0.700 bits per heavy atom. The summed E-state index contributed by atoms with van der Waals surface area (Å²) < 4.78 is 0. The van der Waals surface area contributed by atoms with Crippen molar-refractivity contribution < 1.29 is 0 Å². The Kier molecular flexibility index (Phi) is 2.46. The molecule has 0 spiro atoms. The van der Waals surface area contributed by atoms with Crippen molar-refractivity contribution in [2.24, 2.45) is 0 Å². The zero-order valence-electron chi connectivity index (χ0n) is 10.8. The zero-order chi connectivity index (χ0) is 13.4. The van der Waals surface area contributed by atoms with Crippen molar-refractivity contribution in [3.63, 3.8) is 0 Å². The first-order chi connectivity index (χ1) is 9.92. The summed E-state index contributed by atoms with van der Waals surface area (Å²) in [5.74, 6) is 0. The van der Waals surface area contributed by atoms with E-state index >= 15 is 0 Å². The number of hydrogen-bond acceptors (Lipinski definition) is 2. The molecule has 2 heteroatoms. The van der Waals surface area contributed by atoms with Crippen LogP contribution in [0.1, 0.15) is 0 Å². The molecule has 4 aromatic rings. The fourth-order valence-corrected chi connectivity index (χ4v) is 2.49. The van der Waals surface area contributed by atoms with E-state index in [1.54, 1.807) is 0 Å². The summed E-state index contributed by atoms with van der Waals surface area (Å²) in [5, 5.41) is 2.17. The first-order valence-corrected chi connectivity index (χ1v) is 6.62. The summed E-state index contributed by atoms with van der Waals surface area (Å²) in [7, 11) is 0. The second kappa shape index (κ2) is 4.42. The minimum absolute atomic E-state index is 0.984. The Morgan fingerprint density at radius 3 is 2.40 bits per heavy atom. The van der Waals surface area contributed by atoms with E-state index in [4.69, 9.17) is 4.98 Å². The summed E-state index contributed by atoms with van der Waals surface area (Å²) in [4.78, 5) is 9.31. The number of pyridine rings is 2. The van der Waals surface area contributed by atoms with Gasteiger partial charge in [-0.3, -0.25) is 4.98 Å². The van der Waals surface area contributed by atoms with E-state index < -0.39 is 0 Å². The van der Waals surface area contributed by atoms with Gasteiger partial charge in [-0.25, -0.2) is 4.98 Å². The standard InChI is InChI=1S/C18H12N2/c1-2-6-13(7-3-1)16-11-10-14-12-19-17-9-5-4-8-15(17)18(14)20-16/h1-12H. The van der Waals surface area contributed by atoms with Crippen LogP contribution >= 0.6 is 0 Å². The number of nitrogens with zero attached hydrogens (tertiary/aromatic N) is 2. The average molecular weight is 256 g/mol. The molecule has 0 unspecified atom stereocenters. The molecule has 0 radical (unpaired) electrons. The molecule has 0 fully saturated rings. The molecule has 2 aromatic heterocycles. The highest BCUT2D eigenvalue weighted by molar-refractivity contribution is 6.03. The first-order valence-electron chi connectivity index (χ1n) is 6.62. The third-order valence-corrected chi connectivity index (χ3v) is 3.50. The Bertz CT molecular complexity index is 899. The highest BCUT2D eigenvalue weighted by atomic mass is 14.7. The maximum atomic E-state index is 4.83. The highest BCUT2D eigenvalue weighted by Gasteiger charge is 2.05. The molecule has 0 atom stereocenters. The van der Waals surface area contributed by atoms with E-state index in [1.165, 1.54) is 0 Å². The van der Waals surface area contributed by atoms with E-state index in [0.29, 0.717) is 0 Å². The fourth-order valence-electron chi connectivity index (χ4n) is 2.49. The van der Waals surface area contributed by atoms with Gasteiger partial charge in [0, 0.05) is 22.5 Å². The minimum atomic E-state index is 0.984. The van der Waals surface area contributed by atoms with Gasteiger partial charge in [0.15, 0.2) is 0 Å². The second-order valence-electron chi connectivity index (χ2n) is 4.78. The van der Waals surface area contributed by atoms with Gasteiger partial charge in [0.25, 0.3) is 0 Å². The average Bonchev–Trinajstić information content (AvgIpc) is 2.55. The molecule has 0 saturated carbocycles. The van der Waals surface area contributed by atoms with Crippen LogP contribution in [-0.4, -0.2) is 9.97 Å². The highest BCUT2D eigenvalue weighted by Crippen LogP contribution is 2.25. The van der Waals surface area contributed by atoms with Crippen LogP contribution in [0.15, 0.2) is 72.9 Å². The Labute approximate surface area is 116 Å². The molecule has 0 aliphatic rings. The van der Waals surface area contributed by atoms with Gasteiger partial charge < -0.3 is 0 Å². The zero-order valence-corrected chi connectivity index (χ0v) is 10.8. The number of rotatable bonds is 1.